The van der Waals surface area contributed by atoms with Gasteiger partial charge in [-0.25, -0.2) is 0 Å². The third-order valence-corrected chi connectivity index (χ3v) is 5.82. The van der Waals surface area contributed by atoms with Gasteiger partial charge in [0.15, 0.2) is 0 Å². The molecule has 112 valence electrons. The molecule has 0 bridgehead atoms. The monoisotopic (exact) mass is 365 g/mol. The number of hydrogen-bond acceptors (Lipinski definition) is 3. The van der Waals surface area contributed by atoms with Crippen LogP contribution < -0.4 is 10.1 Å². The highest BCUT2D eigenvalue weighted by molar-refractivity contribution is 9.10. The van der Waals surface area contributed by atoms with Crippen molar-refractivity contribution in [1.82, 2.24) is 5.32 Å². The third kappa shape index (κ3) is 3.50. The van der Waals surface area contributed by atoms with Crippen molar-refractivity contribution in [1.29, 1.82) is 0 Å². The Labute approximate surface area is 138 Å². The summed E-state index contributed by atoms with van der Waals surface area (Å²) in [6, 6.07) is 10.9. The number of benzene rings is 1. The van der Waals surface area contributed by atoms with Crippen molar-refractivity contribution in [3.8, 4) is 5.75 Å². The zero-order valence-electron chi connectivity index (χ0n) is 12.1. The molecule has 0 fully saturated rings. The van der Waals surface area contributed by atoms with E-state index in [1.54, 1.807) is 0 Å². The van der Waals surface area contributed by atoms with Crippen LogP contribution in [-0.4, -0.2) is 18.7 Å². The Kier molecular flexibility index (Phi) is 4.99. The van der Waals surface area contributed by atoms with Crippen LogP contribution in [0.4, 0.5) is 0 Å². The SMILES string of the molecule is CCCNC(Cc1sccc1Br)C1Cc2ccccc2O1. The minimum absolute atomic E-state index is 0.225. The molecule has 1 aliphatic rings. The van der Waals surface area contributed by atoms with Crippen molar-refractivity contribution in [2.24, 2.45) is 0 Å². The Hall–Kier alpha value is -0.840. The van der Waals surface area contributed by atoms with Crippen molar-refractivity contribution < 1.29 is 4.74 Å². The van der Waals surface area contributed by atoms with E-state index in [1.807, 2.05) is 17.4 Å². The lowest BCUT2D eigenvalue weighted by Gasteiger charge is -2.24. The summed E-state index contributed by atoms with van der Waals surface area (Å²) in [5.74, 6) is 1.05. The average molecular weight is 366 g/mol. The Bertz CT molecular complexity index is 573. The third-order valence-electron chi connectivity index (χ3n) is 3.87. The highest BCUT2D eigenvalue weighted by Gasteiger charge is 2.30. The second-order valence-electron chi connectivity index (χ2n) is 5.42. The molecule has 0 aliphatic carbocycles. The summed E-state index contributed by atoms with van der Waals surface area (Å²) in [4.78, 5) is 1.39. The van der Waals surface area contributed by atoms with Crippen molar-refractivity contribution in [3.63, 3.8) is 0 Å². The molecule has 2 heterocycles. The molecule has 0 radical (unpaired) electrons. The van der Waals surface area contributed by atoms with Crippen LogP contribution in [0.1, 0.15) is 23.8 Å². The lowest BCUT2D eigenvalue weighted by molar-refractivity contribution is 0.177. The number of rotatable bonds is 6. The van der Waals surface area contributed by atoms with Crippen LogP contribution in [0.5, 0.6) is 5.75 Å². The molecule has 1 N–H and O–H groups in total. The molecule has 0 spiro atoms. The van der Waals surface area contributed by atoms with E-state index >= 15 is 0 Å². The minimum atomic E-state index is 0.225. The van der Waals surface area contributed by atoms with Gasteiger partial charge in [-0.2, -0.15) is 0 Å². The lowest BCUT2D eigenvalue weighted by atomic mass is 10.0. The predicted octanol–water partition coefficient (Wildman–Crippen LogP) is 4.43. The van der Waals surface area contributed by atoms with Gasteiger partial charge in [-0.15, -0.1) is 11.3 Å². The summed E-state index contributed by atoms with van der Waals surface area (Å²) in [5.41, 5.74) is 1.33. The van der Waals surface area contributed by atoms with Gasteiger partial charge in [-0.3, -0.25) is 0 Å². The van der Waals surface area contributed by atoms with Crippen LogP contribution in [0.2, 0.25) is 0 Å². The van der Waals surface area contributed by atoms with Crippen LogP contribution >= 0.6 is 27.3 Å². The van der Waals surface area contributed by atoms with Gasteiger partial charge in [0, 0.05) is 28.2 Å². The van der Waals surface area contributed by atoms with Crippen molar-refractivity contribution >= 4 is 27.3 Å². The van der Waals surface area contributed by atoms with Gasteiger partial charge in [-0.05, 0) is 52.0 Å². The van der Waals surface area contributed by atoms with E-state index in [0.717, 1.165) is 31.6 Å². The molecule has 3 rings (SSSR count). The molecule has 2 aromatic rings. The molecule has 0 amide bonds. The van der Waals surface area contributed by atoms with Crippen molar-refractivity contribution in [2.75, 3.05) is 6.54 Å². The molecular formula is C17H20BrNOS. The second kappa shape index (κ2) is 6.95. The summed E-state index contributed by atoms with van der Waals surface area (Å²) < 4.78 is 7.40. The van der Waals surface area contributed by atoms with Gasteiger partial charge < -0.3 is 10.1 Å². The van der Waals surface area contributed by atoms with Gasteiger partial charge in [0.25, 0.3) is 0 Å². The first-order valence-electron chi connectivity index (χ1n) is 7.47. The number of para-hydroxylation sites is 1. The first-order valence-corrected chi connectivity index (χ1v) is 9.15. The number of nitrogens with one attached hydrogen (secondary N) is 1. The minimum Gasteiger partial charge on any atom is -0.488 e. The fourth-order valence-electron chi connectivity index (χ4n) is 2.77. The Morgan fingerprint density at radius 3 is 2.95 bits per heavy atom. The van der Waals surface area contributed by atoms with Crippen LogP contribution in [-0.2, 0) is 12.8 Å². The highest BCUT2D eigenvalue weighted by Crippen LogP contribution is 2.32. The molecule has 4 heteroatoms. The number of ether oxygens (including phenoxy) is 1. The van der Waals surface area contributed by atoms with Crippen LogP contribution in [0.15, 0.2) is 40.2 Å². The summed E-state index contributed by atoms with van der Waals surface area (Å²) in [6.07, 6.45) is 3.38. The van der Waals surface area contributed by atoms with Crippen LogP contribution in [0, 0.1) is 0 Å². The van der Waals surface area contributed by atoms with E-state index < -0.39 is 0 Å². The largest absolute Gasteiger partial charge is 0.488 e. The topological polar surface area (TPSA) is 21.3 Å². The van der Waals surface area contributed by atoms with Crippen molar-refractivity contribution in [3.05, 3.63) is 50.6 Å². The van der Waals surface area contributed by atoms with Gasteiger partial charge in [0.05, 0.1) is 0 Å². The van der Waals surface area contributed by atoms with Crippen LogP contribution in [0.3, 0.4) is 0 Å². The average Bonchev–Trinajstić information content (AvgIpc) is 3.09. The smallest absolute Gasteiger partial charge is 0.123 e. The number of fused-ring (bicyclic) bond motifs is 1. The van der Waals surface area contributed by atoms with Crippen LogP contribution in [0.25, 0.3) is 0 Å². The molecule has 2 nitrogen and oxygen atoms in total. The zero-order valence-corrected chi connectivity index (χ0v) is 14.5. The second-order valence-corrected chi connectivity index (χ2v) is 7.28. The van der Waals surface area contributed by atoms with Gasteiger partial charge in [0.1, 0.15) is 11.9 Å². The fraction of sp³-hybridized carbons (Fsp3) is 0.412. The Morgan fingerprint density at radius 2 is 2.24 bits per heavy atom. The van der Waals surface area contributed by atoms with E-state index in [1.165, 1.54) is 14.9 Å². The fourth-order valence-corrected chi connectivity index (χ4v) is 4.34. The number of thiophene rings is 1. The quantitative estimate of drug-likeness (QED) is 0.817. The van der Waals surface area contributed by atoms with Gasteiger partial charge in [-0.1, -0.05) is 25.1 Å². The van der Waals surface area contributed by atoms with Crippen molar-refractivity contribution in [2.45, 2.75) is 38.3 Å². The van der Waals surface area contributed by atoms with E-state index in [-0.39, 0.29) is 6.10 Å². The van der Waals surface area contributed by atoms with Gasteiger partial charge in [0.2, 0.25) is 0 Å². The maximum Gasteiger partial charge on any atom is 0.123 e. The zero-order chi connectivity index (χ0) is 14.7. The van der Waals surface area contributed by atoms with Gasteiger partial charge >= 0.3 is 0 Å². The van der Waals surface area contributed by atoms with E-state index in [4.69, 9.17) is 4.74 Å². The summed E-state index contributed by atoms with van der Waals surface area (Å²) in [6.45, 7) is 3.24. The number of halogens is 1. The molecule has 21 heavy (non-hydrogen) atoms. The molecular weight excluding hydrogens is 346 g/mol. The molecule has 1 aromatic carbocycles. The molecule has 2 unspecified atom stereocenters. The maximum atomic E-state index is 6.18. The maximum absolute atomic E-state index is 6.18. The van der Waals surface area contributed by atoms with E-state index in [9.17, 15) is 0 Å². The molecule has 0 saturated carbocycles. The molecule has 1 aromatic heterocycles. The Balaban J connectivity index is 1.73. The molecule has 2 atom stereocenters. The predicted molar refractivity (Wildman–Crippen MR) is 92.4 cm³/mol. The van der Waals surface area contributed by atoms with E-state index in [2.05, 4.69) is 57.8 Å². The summed E-state index contributed by atoms with van der Waals surface area (Å²) in [5, 5.41) is 5.81. The molecule has 0 saturated heterocycles. The normalized spacial score (nSPS) is 18.3. The lowest BCUT2D eigenvalue weighted by Crippen LogP contribution is -2.44. The highest BCUT2D eigenvalue weighted by atomic mass is 79.9. The number of hydrogen-bond donors (Lipinski definition) is 1. The summed E-state index contributed by atoms with van der Waals surface area (Å²) >= 11 is 5.45. The molecule has 1 aliphatic heterocycles. The summed E-state index contributed by atoms with van der Waals surface area (Å²) in [7, 11) is 0. The standard InChI is InChI=1S/C17H20BrNOS/c1-2-8-19-14(11-17-13(18)7-9-21-17)16-10-12-5-3-4-6-15(12)20-16/h3-7,9,14,16,19H,2,8,10-11H2,1H3. The Morgan fingerprint density at radius 1 is 1.38 bits per heavy atom. The first-order chi connectivity index (χ1) is 10.3. The first kappa shape index (κ1) is 15.1. The van der Waals surface area contributed by atoms with E-state index in [0.29, 0.717) is 6.04 Å².